The van der Waals surface area contributed by atoms with Crippen LogP contribution < -0.4 is 10.5 Å². The Hall–Kier alpha value is -2.33. The maximum Gasteiger partial charge on any atom is 0.224 e. The number of nitrogens with two attached hydrogens (primary N) is 1. The van der Waals surface area contributed by atoms with E-state index in [1.54, 1.807) is 12.1 Å². The van der Waals surface area contributed by atoms with Crippen molar-refractivity contribution >= 4 is 28.2 Å². The Balaban J connectivity index is 1.90. The van der Waals surface area contributed by atoms with Crippen LogP contribution in [-0.2, 0) is 6.61 Å². The minimum absolute atomic E-state index is 0.357. The quantitative estimate of drug-likeness (QED) is 0.749. The monoisotopic (exact) mass is 285 g/mol. The van der Waals surface area contributed by atoms with E-state index in [4.69, 9.17) is 22.1 Å². The maximum absolute atomic E-state index is 6.10. The standard InChI is InChI=1S/C15H12ClN3O/c16-13-4-2-1-3-10(13)8-20-15-12-6-5-11(17)7-14(12)18-9-19-15/h1-7,9H,8,17H2. The van der Waals surface area contributed by atoms with Crippen molar-refractivity contribution in [1.29, 1.82) is 0 Å². The number of halogens is 1. The lowest BCUT2D eigenvalue weighted by Crippen LogP contribution is -1.99. The van der Waals surface area contributed by atoms with Gasteiger partial charge in [-0.1, -0.05) is 29.8 Å². The van der Waals surface area contributed by atoms with Crippen LogP contribution in [-0.4, -0.2) is 9.97 Å². The summed E-state index contributed by atoms with van der Waals surface area (Å²) in [7, 11) is 0. The molecule has 0 bridgehead atoms. The first-order chi connectivity index (χ1) is 9.74. The van der Waals surface area contributed by atoms with Crippen molar-refractivity contribution in [1.82, 2.24) is 9.97 Å². The van der Waals surface area contributed by atoms with E-state index in [9.17, 15) is 0 Å². The minimum atomic E-state index is 0.357. The minimum Gasteiger partial charge on any atom is -0.472 e. The molecule has 0 fully saturated rings. The highest BCUT2D eigenvalue weighted by atomic mass is 35.5. The third kappa shape index (κ3) is 2.51. The SMILES string of the molecule is Nc1ccc2c(OCc3ccccc3Cl)ncnc2c1. The molecule has 0 amide bonds. The molecule has 4 nitrogen and oxygen atoms in total. The van der Waals surface area contributed by atoms with E-state index < -0.39 is 0 Å². The summed E-state index contributed by atoms with van der Waals surface area (Å²) in [6.07, 6.45) is 1.46. The van der Waals surface area contributed by atoms with Gasteiger partial charge in [0.15, 0.2) is 0 Å². The fourth-order valence-electron chi connectivity index (χ4n) is 1.93. The molecular formula is C15H12ClN3O. The van der Waals surface area contributed by atoms with Gasteiger partial charge in [0.1, 0.15) is 12.9 Å². The van der Waals surface area contributed by atoms with Crippen LogP contribution in [0.2, 0.25) is 5.02 Å². The molecule has 0 aliphatic carbocycles. The molecule has 2 N–H and O–H groups in total. The predicted octanol–water partition coefficient (Wildman–Crippen LogP) is 3.44. The van der Waals surface area contributed by atoms with E-state index in [0.29, 0.717) is 23.2 Å². The average Bonchev–Trinajstić information content (AvgIpc) is 2.46. The summed E-state index contributed by atoms with van der Waals surface area (Å²) in [4.78, 5) is 8.34. The van der Waals surface area contributed by atoms with Crippen molar-refractivity contribution in [3.63, 3.8) is 0 Å². The first-order valence-electron chi connectivity index (χ1n) is 6.10. The number of rotatable bonds is 3. The Morgan fingerprint density at radius 1 is 1.10 bits per heavy atom. The number of fused-ring (bicyclic) bond motifs is 1. The molecule has 20 heavy (non-hydrogen) atoms. The first kappa shape index (κ1) is 12.7. The zero-order chi connectivity index (χ0) is 13.9. The molecule has 0 saturated carbocycles. The fourth-order valence-corrected chi connectivity index (χ4v) is 2.12. The second-order valence-electron chi connectivity index (χ2n) is 4.34. The highest BCUT2D eigenvalue weighted by Gasteiger charge is 2.06. The topological polar surface area (TPSA) is 61.0 Å². The van der Waals surface area contributed by atoms with Crippen molar-refractivity contribution in [2.75, 3.05) is 5.73 Å². The zero-order valence-electron chi connectivity index (χ0n) is 10.6. The van der Waals surface area contributed by atoms with E-state index in [0.717, 1.165) is 16.5 Å². The second kappa shape index (κ2) is 5.35. The molecular weight excluding hydrogens is 274 g/mol. The van der Waals surface area contributed by atoms with Crippen LogP contribution in [0.25, 0.3) is 10.9 Å². The summed E-state index contributed by atoms with van der Waals surface area (Å²) in [5.74, 6) is 0.523. The number of benzene rings is 2. The van der Waals surface area contributed by atoms with Crippen LogP contribution in [0.3, 0.4) is 0 Å². The van der Waals surface area contributed by atoms with Crippen LogP contribution in [0.1, 0.15) is 5.56 Å². The maximum atomic E-state index is 6.10. The van der Waals surface area contributed by atoms with Gasteiger partial charge in [-0.15, -0.1) is 0 Å². The number of aromatic nitrogens is 2. The molecule has 0 saturated heterocycles. The van der Waals surface area contributed by atoms with Gasteiger partial charge in [-0.05, 0) is 24.3 Å². The third-order valence-corrected chi connectivity index (χ3v) is 3.31. The lowest BCUT2D eigenvalue weighted by Gasteiger charge is -2.09. The third-order valence-electron chi connectivity index (χ3n) is 2.95. The molecule has 3 rings (SSSR count). The molecule has 0 aliphatic heterocycles. The van der Waals surface area contributed by atoms with E-state index in [1.165, 1.54) is 6.33 Å². The van der Waals surface area contributed by atoms with Gasteiger partial charge in [-0.25, -0.2) is 9.97 Å². The predicted molar refractivity (Wildman–Crippen MR) is 79.7 cm³/mol. The van der Waals surface area contributed by atoms with Gasteiger partial charge >= 0.3 is 0 Å². The van der Waals surface area contributed by atoms with Crippen molar-refractivity contribution in [3.05, 3.63) is 59.4 Å². The average molecular weight is 286 g/mol. The van der Waals surface area contributed by atoms with Crippen LogP contribution >= 0.6 is 11.6 Å². The Morgan fingerprint density at radius 2 is 1.95 bits per heavy atom. The van der Waals surface area contributed by atoms with Gasteiger partial charge in [0.05, 0.1) is 10.9 Å². The van der Waals surface area contributed by atoms with E-state index in [1.807, 2.05) is 30.3 Å². The number of hydrogen-bond acceptors (Lipinski definition) is 4. The molecule has 0 unspecified atom stereocenters. The Kier molecular flexibility index (Phi) is 3.39. The highest BCUT2D eigenvalue weighted by molar-refractivity contribution is 6.31. The van der Waals surface area contributed by atoms with Crippen LogP contribution in [0.5, 0.6) is 5.88 Å². The van der Waals surface area contributed by atoms with Gasteiger partial charge in [-0.3, -0.25) is 0 Å². The molecule has 100 valence electrons. The Labute approximate surface area is 121 Å². The van der Waals surface area contributed by atoms with Crippen molar-refractivity contribution in [2.24, 2.45) is 0 Å². The zero-order valence-corrected chi connectivity index (χ0v) is 11.3. The summed E-state index contributed by atoms with van der Waals surface area (Å²) in [6.45, 7) is 0.357. The Bertz CT molecular complexity index is 761. The fraction of sp³-hybridized carbons (Fsp3) is 0.0667. The molecule has 0 spiro atoms. The molecule has 0 aliphatic rings. The summed E-state index contributed by atoms with van der Waals surface area (Å²) in [5, 5.41) is 1.50. The number of anilines is 1. The molecule has 2 aromatic carbocycles. The lowest BCUT2D eigenvalue weighted by atomic mass is 10.2. The molecule has 1 aromatic heterocycles. The molecule has 5 heteroatoms. The van der Waals surface area contributed by atoms with Crippen molar-refractivity contribution in [3.8, 4) is 5.88 Å². The molecule has 0 atom stereocenters. The van der Waals surface area contributed by atoms with E-state index in [-0.39, 0.29) is 0 Å². The van der Waals surface area contributed by atoms with Gasteiger partial charge in [0.25, 0.3) is 0 Å². The largest absolute Gasteiger partial charge is 0.472 e. The van der Waals surface area contributed by atoms with Crippen molar-refractivity contribution in [2.45, 2.75) is 6.61 Å². The van der Waals surface area contributed by atoms with E-state index in [2.05, 4.69) is 9.97 Å². The lowest BCUT2D eigenvalue weighted by molar-refractivity contribution is 0.297. The van der Waals surface area contributed by atoms with Gasteiger partial charge in [0, 0.05) is 16.3 Å². The number of hydrogen-bond donors (Lipinski definition) is 1. The van der Waals surface area contributed by atoms with E-state index >= 15 is 0 Å². The number of nitrogens with zero attached hydrogens (tertiary/aromatic N) is 2. The number of nitrogen functional groups attached to an aromatic ring is 1. The summed E-state index contributed by atoms with van der Waals surface area (Å²) in [5.41, 5.74) is 8.07. The number of ether oxygens (including phenoxy) is 1. The summed E-state index contributed by atoms with van der Waals surface area (Å²) in [6, 6.07) is 13.0. The van der Waals surface area contributed by atoms with Crippen LogP contribution in [0.15, 0.2) is 48.8 Å². The summed E-state index contributed by atoms with van der Waals surface area (Å²) < 4.78 is 5.75. The van der Waals surface area contributed by atoms with Crippen molar-refractivity contribution < 1.29 is 4.74 Å². The van der Waals surface area contributed by atoms with Crippen LogP contribution in [0, 0.1) is 0 Å². The van der Waals surface area contributed by atoms with Crippen LogP contribution in [0.4, 0.5) is 5.69 Å². The summed E-state index contributed by atoms with van der Waals surface area (Å²) >= 11 is 6.10. The molecule has 1 heterocycles. The molecule has 0 radical (unpaired) electrons. The normalized spacial score (nSPS) is 10.7. The Morgan fingerprint density at radius 3 is 2.80 bits per heavy atom. The van der Waals surface area contributed by atoms with Gasteiger partial charge in [-0.2, -0.15) is 0 Å². The highest BCUT2D eigenvalue weighted by Crippen LogP contribution is 2.24. The molecule has 3 aromatic rings. The second-order valence-corrected chi connectivity index (χ2v) is 4.74. The first-order valence-corrected chi connectivity index (χ1v) is 6.48. The van der Waals surface area contributed by atoms with Gasteiger partial charge < -0.3 is 10.5 Å². The van der Waals surface area contributed by atoms with Gasteiger partial charge in [0.2, 0.25) is 5.88 Å². The smallest absolute Gasteiger partial charge is 0.224 e.